The molecule has 0 unspecified atom stereocenters. The van der Waals surface area contributed by atoms with Crippen molar-refractivity contribution in [2.75, 3.05) is 12.3 Å². The molecule has 0 aromatic carbocycles. The standard InChI is InChI=1S/C17H25ClN2O3S/c1-17(2,3)23-16(21)20-9-5-4-6-14(20)12-24(22)11-13-7-8-15(18)19-10-13/h7-8,10,14H,4-6,9,11-12H2,1-3H3/t14-,24-/m0/s1. The SMILES string of the molecule is CC(C)(C)OC(=O)N1CCCC[C@H]1C[S@@](=O)Cc1ccc(Cl)nc1. The average Bonchev–Trinajstić information content (AvgIpc) is 2.48. The number of amides is 1. The van der Waals surface area contributed by atoms with Crippen molar-refractivity contribution in [2.24, 2.45) is 0 Å². The molecule has 0 spiro atoms. The summed E-state index contributed by atoms with van der Waals surface area (Å²) < 4.78 is 18.0. The molecule has 1 fully saturated rings. The number of likely N-dealkylation sites (tertiary alicyclic amines) is 1. The number of ether oxygens (including phenoxy) is 1. The molecule has 1 aromatic heterocycles. The van der Waals surface area contributed by atoms with Gasteiger partial charge in [0.25, 0.3) is 0 Å². The number of piperidine rings is 1. The Morgan fingerprint density at radius 2 is 2.17 bits per heavy atom. The van der Waals surface area contributed by atoms with Crippen LogP contribution in [0.1, 0.15) is 45.6 Å². The van der Waals surface area contributed by atoms with Crippen LogP contribution in [0.2, 0.25) is 5.15 Å². The molecule has 5 nitrogen and oxygen atoms in total. The van der Waals surface area contributed by atoms with Crippen LogP contribution < -0.4 is 0 Å². The second-order valence-electron chi connectivity index (χ2n) is 7.06. The van der Waals surface area contributed by atoms with Crippen LogP contribution in [-0.4, -0.2) is 44.1 Å². The van der Waals surface area contributed by atoms with Crippen molar-refractivity contribution in [3.8, 4) is 0 Å². The van der Waals surface area contributed by atoms with Crippen LogP contribution in [-0.2, 0) is 21.3 Å². The molecule has 24 heavy (non-hydrogen) atoms. The van der Waals surface area contributed by atoms with Crippen LogP contribution in [0.5, 0.6) is 0 Å². The maximum atomic E-state index is 12.5. The molecule has 2 atom stereocenters. The number of carbonyl (C=O) groups excluding carboxylic acids is 1. The van der Waals surface area contributed by atoms with E-state index in [0.29, 0.717) is 23.2 Å². The third-order valence-electron chi connectivity index (χ3n) is 3.75. The fourth-order valence-electron chi connectivity index (χ4n) is 2.69. The van der Waals surface area contributed by atoms with Gasteiger partial charge in [-0.2, -0.15) is 0 Å². The van der Waals surface area contributed by atoms with Crippen LogP contribution in [0.15, 0.2) is 18.3 Å². The van der Waals surface area contributed by atoms with Crippen molar-refractivity contribution in [1.29, 1.82) is 0 Å². The molecule has 0 bridgehead atoms. The van der Waals surface area contributed by atoms with Crippen molar-refractivity contribution in [3.05, 3.63) is 29.0 Å². The molecule has 0 saturated carbocycles. The van der Waals surface area contributed by atoms with Gasteiger partial charge in [-0.05, 0) is 51.7 Å². The van der Waals surface area contributed by atoms with E-state index in [1.807, 2.05) is 26.8 Å². The van der Waals surface area contributed by atoms with Gasteiger partial charge in [0.1, 0.15) is 10.8 Å². The van der Waals surface area contributed by atoms with Gasteiger partial charge in [0.15, 0.2) is 0 Å². The molecule has 1 aromatic rings. The zero-order chi connectivity index (χ0) is 17.7. The Morgan fingerprint density at radius 1 is 1.42 bits per heavy atom. The van der Waals surface area contributed by atoms with Gasteiger partial charge in [-0.3, -0.25) is 4.21 Å². The van der Waals surface area contributed by atoms with Crippen molar-refractivity contribution < 1.29 is 13.7 Å². The minimum absolute atomic E-state index is 0.0327. The largest absolute Gasteiger partial charge is 0.444 e. The van der Waals surface area contributed by atoms with E-state index >= 15 is 0 Å². The van der Waals surface area contributed by atoms with Crippen LogP contribution in [0, 0.1) is 0 Å². The number of rotatable bonds is 4. The summed E-state index contributed by atoms with van der Waals surface area (Å²) in [7, 11) is -1.07. The summed E-state index contributed by atoms with van der Waals surface area (Å²) in [5, 5.41) is 0.424. The van der Waals surface area contributed by atoms with Gasteiger partial charge in [-0.25, -0.2) is 9.78 Å². The highest BCUT2D eigenvalue weighted by molar-refractivity contribution is 7.84. The van der Waals surface area contributed by atoms with Crippen LogP contribution in [0.3, 0.4) is 0 Å². The molecule has 7 heteroatoms. The summed E-state index contributed by atoms with van der Waals surface area (Å²) in [6, 6.07) is 3.50. The van der Waals surface area contributed by atoms with E-state index in [0.717, 1.165) is 24.8 Å². The molecule has 1 amide bonds. The number of pyridine rings is 1. The molecule has 1 aliphatic heterocycles. The zero-order valence-electron chi connectivity index (χ0n) is 14.5. The molecule has 134 valence electrons. The first-order valence-corrected chi connectivity index (χ1v) is 10.1. The topological polar surface area (TPSA) is 59.5 Å². The Kier molecular flexibility index (Phi) is 6.63. The highest BCUT2D eigenvalue weighted by atomic mass is 35.5. The second kappa shape index (κ2) is 8.30. The van der Waals surface area contributed by atoms with Crippen LogP contribution in [0.25, 0.3) is 0 Å². The minimum atomic E-state index is -1.07. The Balaban J connectivity index is 1.96. The second-order valence-corrected chi connectivity index (χ2v) is 8.95. The highest BCUT2D eigenvalue weighted by Gasteiger charge is 2.31. The summed E-state index contributed by atoms with van der Waals surface area (Å²) in [4.78, 5) is 18.1. The Morgan fingerprint density at radius 3 is 2.79 bits per heavy atom. The van der Waals surface area contributed by atoms with Gasteiger partial charge >= 0.3 is 6.09 Å². The molecule has 2 heterocycles. The molecule has 0 N–H and O–H groups in total. The fraction of sp³-hybridized carbons (Fsp3) is 0.647. The molecule has 0 aliphatic carbocycles. The first-order chi connectivity index (χ1) is 11.2. The lowest BCUT2D eigenvalue weighted by Crippen LogP contribution is -2.48. The Bertz CT molecular complexity index is 586. The molecular formula is C17H25ClN2O3S. The maximum absolute atomic E-state index is 12.5. The van der Waals surface area contributed by atoms with Crippen LogP contribution >= 0.6 is 11.6 Å². The normalized spacial score (nSPS) is 19.8. The van der Waals surface area contributed by atoms with E-state index in [9.17, 15) is 9.00 Å². The minimum Gasteiger partial charge on any atom is -0.444 e. The molecule has 2 rings (SSSR count). The van der Waals surface area contributed by atoms with Crippen molar-refractivity contribution in [3.63, 3.8) is 0 Å². The maximum Gasteiger partial charge on any atom is 0.410 e. The van der Waals surface area contributed by atoms with Gasteiger partial charge in [0.05, 0.1) is 5.75 Å². The summed E-state index contributed by atoms with van der Waals surface area (Å²) in [5.74, 6) is 0.880. The lowest BCUT2D eigenvalue weighted by Gasteiger charge is -2.36. The van der Waals surface area contributed by atoms with Crippen molar-refractivity contribution in [1.82, 2.24) is 9.88 Å². The van der Waals surface area contributed by atoms with E-state index in [1.54, 1.807) is 17.2 Å². The molecule has 1 saturated heterocycles. The number of aromatic nitrogens is 1. The number of halogens is 1. The van der Waals surface area contributed by atoms with Gasteiger partial charge in [0.2, 0.25) is 0 Å². The summed E-state index contributed by atoms with van der Waals surface area (Å²) in [5.41, 5.74) is 0.366. The number of carbonyl (C=O) groups is 1. The number of hydrogen-bond acceptors (Lipinski definition) is 4. The number of nitrogens with zero attached hydrogens (tertiary/aromatic N) is 2. The average molecular weight is 373 g/mol. The van der Waals surface area contributed by atoms with Crippen molar-refractivity contribution >= 4 is 28.5 Å². The predicted octanol–water partition coefficient (Wildman–Crippen LogP) is 3.77. The zero-order valence-corrected chi connectivity index (χ0v) is 16.0. The third-order valence-corrected chi connectivity index (χ3v) is 5.39. The summed E-state index contributed by atoms with van der Waals surface area (Å²) in [6.45, 7) is 6.24. The smallest absolute Gasteiger partial charge is 0.410 e. The highest BCUT2D eigenvalue weighted by Crippen LogP contribution is 2.22. The van der Waals surface area contributed by atoms with Gasteiger partial charge in [0, 0.05) is 35.3 Å². The Hall–Kier alpha value is -1.14. The van der Waals surface area contributed by atoms with Crippen LogP contribution in [0.4, 0.5) is 4.79 Å². The van der Waals surface area contributed by atoms with Crippen molar-refractivity contribution in [2.45, 2.75) is 57.4 Å². The monoisotopic (exact) mass is 372 g/mol. The van der Waals surface area contributed by atoms with E-state index in [-0.39, 0.29) is 12.1 Å². The molecular weight excluding hydrogens is 348 g/mol. The lowest BCUT2D eigenvalue weighted by atomic mass is 10.0. The van der Waals surface area contributed by atoms with Gasteiger partial charge in [-0.15, -0.1) is 0 Å². The summed E-state index contributed by atoms with van der Waals surface area (Å²) >= 11 is 5.77. The predicted molar refractivity (Wildman–Crippen MR) is 96.5 cm³/mol. The van der Waals surface area contributed by atoms with E-state index < -0.39 is 16.4 Å². The first-order valence-electron chi connectivity index (χ1n) is 8.19. The fourth-order valence-corrected chi connectivity index (χ4v) is 4.23. The first kappa shape index (κ1) is 19.2. The van der Waals surface area contributed by atoms with Gasteiger partial charge in [-0.1, -0.05) is 17.7 Å². The van der Waals surface area contributed by atoms with E-state index in [2.05, 4.69) is 4.98 Å². The lowest BCUT2D eigenvalue weighted by molar-refractivity contribution is 0.0125. The third kappa shape index (κ3) is 6.06. The molecule has 1 aliphatic rings. The van der Waals surface area contributed by atoms with E-state index in [4.69, 9.17) is 16.3 Å². The Labute approximate surface area is 151 Å². The summed E-state index contributed by atoms with van der Waals surface area (Å²) in [6.07, 6.45) is 4.21. The number of hydrogen-bond donors (Lipinski definition) is 0. The quantitative estimate of drug-likeness (QED) is 0.755. The van der Waals surface area contributed by atoms with Gasteiger partial charge < -0.3 is 9.64 Å². The molecule has 0 radical (unpaired) electrons. The van der Waals surface area contributed by atoms with E-state index in [1.165, 1.54) is 0 Å².